The molecule has 0 spiro atoms. The molecule has 0 radical (unpaired) electrons. The number of likely N-dealkylation sites (tertiary alicyclic amines) is 1. The predicted molar refractivity (Wildman–Crippen MR) is 81.0 cm³/mol. The molecular formula is C16H20ClF3N3O-. The highest BCUT2D eigenvalue weighted by atomic mass is 35.5. The summed E-state index contributed by atoms with van der Waals surface area (Å²) in [6, 6.07) is 6.49. The van der Waals surface area contributed by atoms with Gasteiger partial charge in [-0.05, 0) is 38.1 Å². The second-order valence-corrected chi connectivity index (χ2v) is 6.05. The number of fused-ring (bicyclic) bond motifs is 1. The fourth-order valence-electron chi connectivity index (χ4n) is 3.19. The third-order valence-electron chi connectivity index (χ3n) is 4.22. The number of para-hydroxylation sites is 2. The number of hydrogen-bond donors (Lipinski definition) is 1. The molecule has 1 N–H and O–H groups in total. The standard InChI is InChI=1S/C16H20F3N3O.ClH/c17-16(18,19)15-20-13-6-2-3-7-14(13)22(15)11-12(23)10-21-8-4-1-5-9-21;/h2-3,6-7,12,23H,1,4-5,8-11H2;1H/p-1. The van der Waals surface area contributed by atoms with Crippen LogP contribution in [-0.4, -0.2) is 45.3 Å². The molecule has 24 heavy (non-hydrogen) atoms. The first-order valence-corrected chi connectivity index (χ1v) is 7.88. The lowest BCUT2D eigenvalue weighted by Gasteiger charge is -2.28. The molecule has 0 aliphatic carbocycles. The minimum absolute atomic E-state index is 0. The minimum atomic E-state index is -4.54. The largest absolute Gasteiger partial charge is 1.00 e. The van der Waals surface area contributed by atoms with E-state index in [1.54, 1.807) is 24.3 Å². The molecule has 1 atom stereocenters. The Morgan fingerprint density at radius 3 is 2.42 bits per heavy atom. The maximum atomic E-state index is 13.2. The van der Waals surface area contributed by atoms with Crippen LogP contribution < -0.4 is 12.4 Å². The lowest BCUT2D eigenvalue weighted by molar-refractivity contribution is -0.147. The lowest BCUT2D eigenvalue weighted by atomic mass is 10.1. The van der Waals surface area contributed by atoms with E-state index in [-0.39, 0.29) is 19.0 Å². The molecule has 1 aromatic heterocycles. The van der Waals surface area contributed by atoms with Crippen molar-refractivity contribution in [3.8, 4) is 0 Å². The Hall–Kier alpha value is -1.31. The Balaban J connectivity index is 0.00000208. The normalized spacial score (nSPS) is 17.7. The minimum Gasteiger partial charge on any atom is -1.00 e. The van der Waals surface area contributed by atoms with Crippen LogP contribution in [0.1, 0.15) is 25.1 Å². The van der Waals surface area contributed by atoms with Crippen LogP contribution in [-0.2, 0) is 12.7 Å². The molecule has 1 fully saturated rings. The van der Waals surface area contributed by atoms with Crippen molar-refractivity contribution in [2.75, 3.05) is 19.6 Å². The monoisotopic (exact) mass is 362 g/mol. The number of rotatable bonds is 4. The van der Waals surface area contributed by atoms with Gasteiger partial charge in [0.2, 0.25) is 5.82 Å². The third-order valence-corrected chi connectivity index (χ3v) is 4.22. The number of nitrogens with zero attached hydrogens (tertiary/aromatic N) is 3. The summed E-state index contributed by atoms with van der Waals surface area (Å²) in [5, 5.41) is 10.3. The average molecular weight is 363 g/mol. The molecule has 1 aromatic carbocycles. The summed E-state index contributed by atoms with van der Waals surface area (Å²) in [4.78, 5) is 5.81. The zero-order valence-electron chi connectivity index (χ0n) is 13.1. The number of aromatic nitrogens is 2. The Bertz CT molecular complexity index is 668. The molecule has 4 nitrogen and oxygen atoms in total. The number of halogens is 4. The summed E-state index contributed by atoms with van der Waals surface area (Å²) in [7, 11) is 0. The van der Waals surface area contributed by atoms with Gasteiger partial charge in [-0.2, -0.15) is 13.2 Å². The van der Waals surface area contributed by atoms with E-state index in [2.05, 4.69) is 9.88 Å². The van der Waals surface area contributed by atoms with E-state index in [9.17, 15) is 18.3 Å². The van der Waals surface area contributed by atoms with Crippen LogP contribution in [0.3, 0.4) is 0 Å². The average Bonchev–Trinajstić information content (AvgIpc) is 2.87. The van der Waals surface area contributed by atoms with Crippen LogP contribution in [0.2, 0.25) is 0 Å². The summed E-state index contributed by atoms with van der Waals surface area (Å²) in [6.45, 7) is 2.08. The van der Waals surface area contributed by atoms with Gasteiger partial charge in [0.15, 0.2) is 0 Å². The smallest absolute Gasteiger partial charge is 0.449 e. The molecule has 0 saturated carbocycles. The number of aliphatic hydroxyl groups is 1. The van der Waals surface area contributed by atoms with Crippen molar-refractivity contribution >= 4 is 11.0 Å². The van der Waals surface area contributed by atoms with E-state index in [0.717, 1.165) is 30.5 Å². The Morgan fingerprint density at radius 1 is 1.08 bits per heavy atom. The van der Waals surface area contributed by atoms with E-state index < -0.39 is 18.1 Å². The summed E-state index contributed by atoms with van der Waals surface area (Å²) < 4.78 is 40.7. The first-order valence-electron chi connectivity index (χ1n) is 7.88. The van der Waals surface area contributed by atoms with Crippen molar-refractivity contribution in [3.63, 3.8) is 0 Å². The number of imidazole rings is 1. The summed E-state index contributed by atoms with van der Waals surface area (Å²) in [6.07, 6.45) is -2.06. The number of alkyl halides is 3. The van der Waals surface area contributed by atoms with E-state index in [0.29, 0.717) is 17.6 Å². The molecule has 1 unspecified atom stereocenters. The molecule has 0 amide bonds. The van der Waals surface area contributed by atoms with Gasteiger partial charge >= 0.3 is 6.18 Å². The number of benzene rings is 1. The first kappa shape index (κ1) is 19.0. The van der Waals surface area contributed by atoms with Crippen molar-refractivity contribution in [2.24, 2.45) is 0 Å². The van der Waals surface area contributed by atoms with Crippen molar-refractivity contribution in [2.45, 2.75) is 38.1 Å². The van der Waals surface area contributed by atoms with Crippen LogP contribution >= 0.6 is 0 Å². The fourth-order valence-corrected chi connectivity index (χ4v) is 3.19. The molecule has 3 rings (SSSR count). The van der Waals surface area contributed by atoms with Gasteiger partial charge in [0, 0.05) is 6.54 Å². The number of β-amino-alcohol motifs (C(OH)–C–C–N with tert-alkyl or cyclic N) is 1. The molecule has 1 aliphatic rings. The molecular weight excluding hydrogens is 343 g/mol. The summed E-state index contributed by atoms with van der Waals surface area (Å²) in [5.41, 5.74) is 0.697. The maximum absolute atomic E-state index is 13.2. The van der Waals surface area contributed by atoms with Gasteiger partial charge in [-0.15, -0.1) is 0 Å². The van der Waals surface area contributed by atoms with Crippen molar-refractivity contribution in [3.05, 3.63) is 30.1 Å². The van der Waals surface area contributed by atoms with E-state index in [1.165, 1.54) is 6.42 Å². The first-order chi connectivity index (χ1) is 10.9. The lowest BCUT2D eigenvalue weighted by Crippen LogP contribution is -3.00. The van der Waals surface area contributed by atoms with E-state index in [4.69, 9.17) is 0 Å². The second kappa shape index (κ2) is 7.72. The van der Waals surface area contributed by atoms with Gasteiger partial charge in [0.05, 0.1) is 23.7 Å². The van der Waals surface area contributed by atoms with Crippen LogP contribution in [0.25, 0.3) is 11.0 Å². The fraction of sp³-hybridized carbons (Fsp3) is 0.562. The zero-order valence-corrected chi connectivity index (χ0v) is 13.9. The molecule has 2 heterocycles. The van der Waals surface area contributed by atoms with E-state index in [1.807, 2.05) is 0 Å². The Morgan fingerprint density at radius 2 is 1.75 bits per heavy atom. The summed E-state index contributed by atoms with van der Waals surface area (Å²) in [5.74, 6) is -0.948. The van der Waals surface area contributed by atoms with Gasteiger partial charge in [0.1, 0.15) is 0 Å². The van der Waals surface area contributed by atoms with Gasteiger partial charge in [0.25, 0.3) is 0 Å². The van der Waals surface area contributed by atoms with E-state index >= 15 is 0 Å². The topological polar surface area (TPSA) is 41.3 Å². The maximum Gasteiger partial charge on any atom is 0.449 e. The van der Waals surface area contributed by atoms with Crippen LogP contribution in [0.4, 0.5) is 13.2 Å². The highest BCUT2D eigenvalue weighted by molar-refractivity contribution is 5.76. The molecule has 2 aromatic rings. The Kier molecular flexibility index (Phi) is 6.11. The van der Waals surface area contributed by atoms with Crippen LogP contribution in [0.5, 0.6) is 0 Å². The molecule has 1 saturated heterocycles. The molecule has 0 bridgehead atoms. The molecule has 1 aliphatic heterocycles. The van der Waals surface area contributed by atoms with Gasteiger partial charge in [-0.25, -0.2) is 4.98 Å². The quantitative estimate of drug-likeness (QED) is 0.826. The molecule has 134 valence electrons. The molecule has 8 heteroatoms. The van der Waals surface area contributed by atoms with Crippen LogP contribution in [0, 0.1) is 0 Å². The highest BCUT2D eigenvalue weighted by Gasteiger charge is 2.38. The Labute approximate surface area is 144 Å². The van der Waals surface area contributed by atoms with Crippen molar-refractivity contribution < 1.29 is 30.7 Å². The van der Waals surface area contributed by atoms with Gasteiger partial charge in [-0.3, -0.25) is 0 Å². The number of aliphatic hydroxyl groups excluding tert-OH is 1. The van der Waals surface area contributed by atoms with Gasteiger partial charge < -0.3 is 27.0 Å². The SMILES string of the molecule is OC(CN1CCCCC1)Cn1c(C(F)(F)F)nc2ccccc21.[Cl-]. The number of hydrogen-bond acceptors (Lipinski definition) is 3. The zero-order chi connectivity index (χ0) is 16.4. The van der Waals surface area contributed by atoms with Crippen molar-refractivity contribution in [1.82, 2.24) is 14.5 Å². The highest BCUT2D eigenvalue weighted by Crippen LogP contribution is 2.31. The van der Waals surface area contributed by atoms with Gasteiger partial charge in [-0.1, -0.05) is 18.6 Å². The number of piperidine rings is 1. The second-order valence-electron chi connectivity index (χ2n) is 6.05. The third kappa shape index (κ3) is 4.20. The predicted octanol–water partition coefficient (Wildman–Crippen LogP) is -0.0941. The van der Waals surface area contributed by atoms with Crippen molar-refractivity contribution in [1.29, 1.82) is 0 Å². The summed E-state index contributed by atoms with van der Waals surface area (Å²) >= 11 is 0. The van der Waals surface area contributed by atoms with Crippen LogP contribution in [0.15, 0.2) is 24.3 Å².